The van der Waals surface area contributed by atoms with Gasteiger partial charge in [0.15, 0.2) is 5.82 Å². The topological polar surface area (TPSA) is 124 Å². The number of rotatable bonds is 3. The molecule has 1 unspecified atom stereocenters. The molecule has 0 radical (unpaired) electrons. The van der Waals surface area contributed by atoms with Crippen LogP contribution in [0.1, 0.15) is 12.8 Å². The number of para-hydroxylation sites is 1. The predicted molar refractivity (Wildman–Crippen MR) is 98.4 cm³/mol. The Morgan fingerprint density at radius 1 is 1.25 bits per heavy atom. The lowest BCUT2D eigenvalue weighted by Gasteiger charge is -2.34. The van der Waals surface area contributed by atoms with Crippen molar-refractivity contribution in [2.75, 3.05) is 18.4 Å². The number of anilines is 1. The fraction of sp³-hybridized carbons (Fsp3) is 0.278. The fourth-order valence-electron chi connectivity index (χ4n) is 3.30. The summed E-state index contributed by atoms with van der Waals surface area (Å²) in [5.74, 6) is -0.828. The van der Waals surface area contributed by atoms with Crippen molar-refractivity contribution >= 4 is 28.7 Å². The Morgan fingerprint density at radius 2 is 2.11 bits per heavy atom. The molecule has 144 valence electrons. The second kappa shape index (κ2) is 6.87. The Balaban J connectivity index is 1.51. The minimum Gasteiger partial charge on any atom is -0.465 e. The lowest BCUT2D eigenvalue weighted by molar-refractivity contribution is -0.130. The van der Waals surface area contributed by atoms with E-state index in [4.69, 9.17) is 5.11 Å². The molecular formula is C18H17FN6O3. The van der Waals surface area contributed by atoms with E-state index in [1.165, 1.54) is 12.4 Å². The minimum atomic E-state index is -2.29. The number of aromatic nitrogens is 4. The van der Waals surface area contributed by atoms with E-state index in [0.717, 1.165) is 21.4 Å². The van der Waals surface area contributed by atoms with Crippen LogP contribution in [0.25, 0.3) is 22.2 Å². The number of aromatic amines is 1. The molecule has 1 fully saturated rings. The van der Waals surface area contributed by atoms with Crippen molar-refractivity contribution in [2.24, 2.45) is 0 Å². The third kappa shape index (κ3) is 3.24. The molecule has 9 nitrogen and oxygen atoms in total. The van der Waals surface area contributed by atoms with Crippen molar-refractivity contribution in [3.05, 3.63) is 36.8 Å². The molecule has 0 bridgehead atoms. The number of halogens is 1. The van der Waals surface area contributed by atoms with Crippen molar-refractivity contribution in [1.82, 2.24) is 25.1 Å². The van der Waals surface area contributed by atoms with Gasteiger partial charge in [-0.3, -0.25) is 14.9 Å². The first-order valence-electron chi connectivity index (χ1n) is 8.69. The average molecular weight is 384 g/mol. The van der Waals surface area contributed by atoms with Crippen LogP contribution in [0.15, 0.2) is 36.8 Å². The van der Waals surface area contributed by atoms with E-state index in [1.54, 1.807) is 6.20 Å². The summed E-state index contributed by atoms with van der Waals surface area (Å²) in [6.07, 6.45) is 3.49. The first-order valence-corrected chi connectivity index (χ1v) is 8.69. The molecule has 0 saturated carbocycles. The van der Waals surface area contributed by atoms with Crippen molar-refractivity contribution in [3.8, 4) is 11.3 Å². The number of carbonyl (C=O) groups is 2. The van der Waals surface area contributed by atoms with E-state index in [-0.39, 0.29) is 25.2 Å². The molecule has 1 atom stereocenters. The maximum atomic E-state index is 15.0. The summed E-state index contributed by atoms with van der Waals surface area (Å²) in [7, 11) is 0. The first kappa shape index (κ1) is 17.8. The van der Waals surface area contributed by atoms with E-state index in [0.29, 0.717) is 5.69 Å². The molecular weight excluding hydrogens is 367 g/mol. The second-order valence-corrected chi connectivity index (χ2v) is 6.65. The zero-order valence-electron chi connectivity index (χ0n) is 14.7. The number of likely N-dealkylation sites (tertiary alicyclic amines) is 1. The van der Waals surface area contributed by atoms with E-state index in [1.807, 2.05) is 18.2 Å². The van der Waals surface area contributed by atoms with Crippen LogP contribution in [0.2, 0.25) is 0 Å². The molecule has 28 heavy (non-hydrogen) atoms. The number of benzene rings is 1. The SMILES string of the molecule is O=C(O)N1CCCC(F)(C(=O)Nc2cnc(-c3cccc4cn[nH]c34)cn2)C1. The highest BCUT2D eigenvalue weighted by Crippen LogP contribution is 2.28. The quantitative estimate of drug-likeness (QED) is 0.637. The second-order valence-electron chi connectivity index (χ2n) is 6.65. The lowest BCUT2D eigenvalue weighted by atomic mass is 9.94. The van der Waals surface area contributed by atoms with Crippen LogP contribution >= 0.6 is 0 Å². The Kier molecular flexibility index (Phi) is 4.38. The number of alkyl halides is 1. The first-order chi connectivity index (χ1) is 13.5. The number of H-pyrrole nitrogens is 1. The number of amides is 2. The third-order valence-corrected chi connectivity index (χ3v) is 4.77. The van der Waals surface area contributed by atoms with Crippen LogP contribution in [0.3, 0.4) is 0 Å². The van der Waals surface area contributed by atoms with Crippen LogP contribution < -0.4 is 5.32 Å². The van der Waals surface area contributed by atoms with Crippen LogP contribution in [-0.4, -0.2) is 60.9 Å². The molecule has 4 rings (SSSR count). The van der Waals surface area contributed by atoms with Crippen LogP contribution in [-0.2, 0) is 4.79 Å². The molecule has 10 heteroatoms. The Morgan fingerprint density at radius 3 is 2.86 bits per heavy atom. The Labute approximate surface area is 158 Å². The van der Waals surface area contributed by atoms with E-state index >= 15 is 0 Å². The summed E-state index contributed by atoms with van der Waals surface area (Å²) in [5, 5.41) is 19.3. The van der Waals surface area contributed by atoms with Gasteiger partial charge in [0, 0.05) is 17.5 Å². The predicted octanol–water partition coefficient (Wildman–Crippen LogP) is 2.44. The minimum absolute atomic E-state index is 0.0457. The van der Waals surface area contributed by atoms with Gasteiger partial charge in [-0.05, 0) is 12.8 Å². The monoisotopic (exact) mass is 384 g/mol. The smallest absolute Gasteiger partial charge is 0.407 e. The highest BCUT2D eigenvalue weighted by Gasteiger charge is 2.44. The number of nitrogens with one attached hydrogen (secondary N) is 2. The average Bonchev–Trinajstić information content (AvgIpc) is 3.17. The normalized spacial score (nSPS) is 19.5. The molecule has 1 aliphatic heterocycles. The number of carboxylic acid groups (broad SMARTS) is 1. The van der Waals surface area contributed by atoms with Gasteiger partial charge in [-0.15, -0.1) is 0 Å². The van der Waals surface area contributed by atoms with Crippen molar-refractivity contribution < 1.29 is 19.1 Å². The van der Waals surface area contributed by atoms with Gasteiger partial charge in [-0.25, -0.2) is 14.2 Å². The molecule has 3 aromatic rings. The number of carbonyl (C=O) groups excluding carboxylic acids is 1. The van der Waals surface area contributed by atoms with Crippen molar-refractivity contribution in [3.63, 3.8) is 0 Å². The summed E-state index contributed by atoms with van der Waals surface area (Å²) in [6.45, 7) is -0.288. The van der Waals surface area contributed by atoms with E-state index in [2.05, 4.69) is 25.5 Å². The lowest BCUT2D eigenvalue weighted by Crippen LogP contribution is -2.53. The van der Waals surface area contributed by atoms with Crippen molar-refractivity contribution in [1.29, 1.82) is 0 Å². The van der Waals surface area contributed by atoms with Gasteiger partial charge in [-0.1, -0.05) is 18.2 Å². The number of hydrogen-bond donors (Lipinski definition) is 3. The van der Waals surface area contributed by atoms with Gasteiger partial charge < -0.3 is 15.3 Å². The van der Waals surface area contributed by atoms with Gasteiger partial charge >= 0.3 is 6.09 Å². The number of nitrogens with zero attached hydrogens (tertiary/aromatic N) is 4. The summed E-state index contributed by atoms with van der Waals surface area (Å²) in [5.41, 5.74) is -0.116. The number of piperidine rings is 1. The van der Waals surface area contributed by atoms with Gasteiger partial charge in [0.1, 0.15) is 0 Å². The zero-order valence-corrected chi connectivity index (χ0v) is 14.7. The van der Waals surface area contributed by atoms with Crippen LogP contribution in [0, 0.1) is 0 Å². The molecule has 1 aliphatic rings. The summed E-state index contributed by atoms with van der Waals surface area (Å²) < 4.78 is 15.0. The van der Waals surface area contributed by atoms with Gasteiger partial charge in [0.25, 0.3) is 5.91 Å². The molecule has 3 N–H and O–H groups in total. The standard InChI is InChI=1S/C18H17FN6O3/c19-18(5-2-6-25(10-18)17(27)28)16(26)23-14-9-20-13(8-21-14)12-4-1-3-11-7-22-24-15(11)12/h1,3-4,7-9H,2,5-6,10H2,(H,22,24)(H,27,28)(H,21,23,26). The highest BCUT2D eigenvalue weighted by molar-refractivity contribution is 5.97. The van der Waals surface area contributed by atoms with Gasteiger partial charge in [0.2, 0.25) is 5.67 Å². The maximum Gasteiger partial charge on any atom is 0.407 e. The molecule has 3 heterocycles. The number of fused-ring (bicyclic) bond motifs is 1. The fourth-order valence-corrected chi connectivity index (χ4v) is 3.30. The Bertz CT molecular complexity index is 1040. The number of hydrogen-bond acceptors (Lipinski definition) is 5. The van der Waals surface area contributed by atoms with Crippen molar-refractivity contribution in [2.45, 2.75) is 18.5 Å². The molecule has 0 spiro atoms. The summed E-state index contributed by atoms with van der Waals surface area (Å²) in [6, 6.07) is 5.65. The van der Waals surface area contributed by atoms with Crippen LogP contribution in [0.5, 0.6) is 0 Å². The van der Waals surface area contributed by atoms with E-state index < -0.39 is 24.2 Å². The molecule has 0 aliphatic carbocycles. The highest BCUT2D eigenvalue weighted by atomic mass is 19.1. The molecule has 1 saturated heterocycles. The van der Waals surface area contributed by atoms with Crippen LogP contribution in [0.4, 0.5) is 15.0 Å². The largest absolute Gasteiger partial charge is 0.465 e. The maximum absolute atomic E-state index is 15.0. The molecule has 2 amide bonds. The third-order valence-electron chi connectivity index (χ3n) is 4.77. The van der Waals surface area contributed by atoms with E-state index in [9.17, 15) is 14.0 Å². The molecule has 1 aromatic carbocycles. The molecule has 2 aromatic heterocycles. The summed E-state index contributed by atoms with van der Waals surface area (Å²) in [4.78, 5) is 32.8. The van der Waals surface area contributed by atoms with Gasteiger partial charge in [0.05, 0.1) is 36.3 Å². The zero-order chi connectivity index (χ0) is 19.7. The summed E-state index contributed by atoms with van der Waals surface area (Å²) >= 11 is 0. The van der Waals surface area contributed by atoms with Gasteiger partial charge in [-0.2, -0.15) is 5.10 Å². The Hall–Kier alpha value is -3.56.